The normalized spacial score (nSPS) is 22.8. The van der Waals surface area contributed by atoms with Crippen LogP contribution in [0.2, 0.25) is 0 Å². The number of nitrogens with two attached hydrogens (primary N) is 1. The first kappa shape index (κ1) is 13.5. The average Bonchev–Trinajstić information content (AvgIpc) is 2.87. The van der Waals surface area contributed by atoms with Gasteiger partial charge in [-0.3, -0.25) is 4.90 Å². The van der Waals surface area contributed by atoms with Gasteiger partial charge >= 0.3 is 0 Å². The molecule has 0 spiro atoms. The van der Waals surface area contributed by atoms with Gasteiger partial charge in [0, 0.05) is 31.0 Å². The summed E-state index contributed by atoms with van der Waals surface area (Å²) >= 11 is 0. The molecule has 2 unspecified atom stereocenters. The zero-order chi connectivity index (χ0) is 13.1. The molecule has 0 radical (unpaired) electrons. The van der Waals surface area contributed by atoms with Crippen LogP contribution in [0.15, 0.2) is 4.52 Å². The minimum Gasteiger partial charge on any atom is -0.339 e. The SMILES string of the molecule is CC(N)Cc1noc(CC2CCCN2C(C)C)n1. The fraction of sp³-hybridized carbons (Fsp3) is 0.846. The molecule has 1 fully saturated rings. The summed E-state index contributed by atoms with van der Waals surface area (Å²) in [5.74, 6) is 1.48. The first-order valence-electron chi connectivity index (χ1n) is 6.89. The van der Waals surface area contributed by atoms with Gasteiger partial charge in [-0.15, -0.1) is 0 Å². The largest absolute Gasteiger partial charge is 0.339 e. The van der Waals surface area contributed by atoms with E-state index in [2.05, 4.69) is 28.9 Å². The van der Waals surface area contributed by atoms with Crippen LogP contribution in [0, 0.1) is 0 Å². The number of hydrogen-bond donors (Lipinski definition) is 1. The molecule has 1 aliphatic heterocycles. The number of rotatable bonds is 5. The lowest BCUT2D eigenvalue weighted by atomic mass is 10.1. The predicted molar refractivity (Wildman–Crippen MR) is 70.2 cm³/mol. The lowest BCUT2D eigenvalue weighted by Crippen LogP contribution is -2.36. The maximum absolute atomic E-state index is 5.73. The van der Waals surface area contributed by atoms with E-state index in [0.29, 0.717) is 18.5 Å². The highest BCUT2D eigenvalue weighted by molar-refractivity contribution is 4.94. The molecule has 5 nitrogen and oxygen atoms in total. The molecule has 0 amide bonds. The van der Waals surface area contributed by atoms with E-state index < -0.39 is 0 Å². The van der Waals surface area contributed by atoms with Gasteiger partial charge in [0.15, 0.2) is 5.82 Å². The molecule has 2 atom stereocenters. The fourth-order valence-electron chi connectivity index (χ4n) is 2.70. The molecule has 1 aliphatic rings. The number of aromatic nitrogens is 2. The zero-order valence-corrected chi connectivity index (χ0v) is 11.6. The summed E-state index contributed by atoms with van der Waals surface area (Å²) in [5, 5.41) is 3.98. The van der Waals surface area contributed by atoms with E-state index in [9.17, 15) is 0 Å². The molecular formula is C13H24N4O. The van der Waals surface area contributed by atoms with Crippen molar-refractivity contribution in [1.29, 1.82) is 0 Å². The Labute approximate surface area is 109 Å². The van der Waals surface area contributed by atoms with Crippen molar-refractivity contribution < 1.29 is 4.52 Å². The highest BCUT2D eigenvalue weighted by Gasteiger charge is 2.28. The molecule has 0 bridgehead atoms. The van der Waals surface area contributed by atoms with Gasteiger partial charge in [0.1, 0.15) is 0 Å². The average molecular weight is 252 g/mol. The van der Waals surface area contributed by atoms with Crippen LogP contribution in [0.5, 0.6) is 0 Å². The van der Waals surface area contributed by atoms with Crippen LogP contribution in [-0.4, -0.2) is 39.7 Å². The quantitative estimate of drug-likeness (QED) is 0.857. The molecule has 0 aliphatic carbocycles. The van der Waals surface area contributed by atoms with Crippen LogP contribution in [-0.2, 0) is 12.8 Å². The molecule has 2 heterocycles. The summed E-state index contributed by atoms with van der Waals surface area (Å²) in [4.78, 5) is 6.95. The second kappa shape index (κ2) is 5.80. The Balaban J connectivity index is 1.94. The lowest BCUT2D eigenvalue weighted by Gasteiger charge is -2.27. The van der Waals surface area contributed by atoms with Crippen molar-refractivity contribution in [2.24, 2.45) is 5.73 Å². The highest BCUT2D eigenvalue weighted by atomic mass is 16.5. The van der Waals surface area contributed by atoms with Crippen LogP contribution in [0.1, 0.15) is 45.3 Å². The van der Waals surface area contributed by atoms with Crippen molar-refractivity contribution in [3.63, 3.8) is 0 Å². The van der Waals surface area contributed by atoms with E-state index in [1.165, 1.54) is 19.4 Å². The van der Waals surface area contributed by atoms with E-state index >= 15 is 0 Å². The monoisotopic (exact) mass is 252 g/mol. The van der Waals surface area contributed by atoms with Crippen LogP contribution in [0.25, 0.3) is 0 Å². The van der Waals surface area contributed by atoms with Crippen molar-refractivity contribution in [3.05, 3.63) is 11.7 Å². The van der Waals surface area contributed by atoms with Gasteiger partial charge in [-0.25, -0.2) is 0 Å². The van der Waals surface area contributed by atoms with E-state index in [4.69, 9.17) is 10.3 Å². The molecule has 102 valence electrons. The molecule has 5 heteroatoms. The van der Waals surface area contributed by atoms with Gasteiger partial charge < -0.3 is 10.3 Å². The van der Waals surface area contributed by atoms with Crippen LogP contribution in [0.4, 0.5) is 0 Å². The van der Waals surface area contributed by atoms with Gasteiger partial charge in [-0.2, -0.15) is 4.98 Å². The van der Waals surface area contributed by atoms with Crippen molar-refractivity contribution in [2.75, 3.05) is 6.54 Å². The first-order chi connectivity index (χ1) is 8.56. The molecule has 2 N–H and O–H groups in total. The minimum absolute atomic E-state index is 0.0779. The third-order valence-electron chi connectivity index (χ3n) is 3.51. The van der Waals surface area contributed by atoms with Gasteiger partial charge in [0.05, 0.1) is 0 Å². The van der Waals surface area contributed by atoms with Crippen molar-refractivity contribution >= 4 is 0 Å². The third kappa shape index (κ3) is 3.29. The molecule has 1 aromatic rings. The van der Waals surface area contributed by atoms with Crippen LogP contribution >= 0.6 is 0 Å². The summed E-state index contributed by atoms with van der Waals surface area (Å²) in [6.45, 7) is 7.62. The van der Waals surface area contributed by atoms with Crippen LogP contribution in [0.3, 0.4) is 0 Å². The molecule has 0 aromatic carbocycles. The zero-order valence-electron chi connectivity index (χ0n) is 11.6. The number of likely N-dealkylation sites (tertiary alicyclic amines) is 1. The maximum atomic E-state index is 5.73. The third-order valence-corrected chi connectivity index (χ3v) is 3.51. The summed E-state index contributed by atoms with van der Waals surface area (Å²) in [7, 11) is 0. The van der Waals surface area contributed by atoms with E-state index in [1.54, 1.807) is 0 Å². The molecule has 0 saturated carbocycles. The topological polar surface area (TPSA) is 68.2 Å². The van der Waals surface area contributed by atoms with E-state index in [-0.39, 0.29) is 6.04 Å². The Morgan fingerprint density at radius 3 is 2.89 bits per heavy atom. The molecule has 1 aromatic heterocycles. The smallest absolute Gasteiger partial charge is 0.228 e. The summed E-state index contributed by atoms with van der Waals surface area (Å²) in [5.41, 5.74) is 5.73. The number of nitrogens with zero attached hydrogens (tertiary/aromatic N) is 3. The van der Waals surface area contributed by atoms with Crippen molar-refractivity contribution in [1.82, 2.24) is 15.0 Å². The standard InChI is InChI=1S/C13H24N4O/c1-9(2)17-6-4-5-11(17)8-13-15-12(16-18-13)7-10(3)14/h9-11H,4-8,14H2,1-3H3. The Morgan fingerprint density at radius 2 is 2.22 bits per heavy atom. The fourth-order valence-corrected chi connectivity index (χ4v) is 2.70. The summed E-state index contributed by atoms with van der Waals surface area (Å²) < 4.78 is 5.31. The Hall–Kier alpha value is -0.940. The maximum Gasteiger partial charge on any atom is 0.228 e. The van der Waals surface area contributed by atoms with Gasteiger partial charge in [0.2, 0.25) is 5.89 Å². The second-order valence-electron chi connectivity index (χ2n) is 5.62. The summed E-state index contributed by atoms with van der Waals surface area (Å²) in [6, 6.07) is 1.21. The van der Waals surface area contributed by atoms with Crippen molar-refractivity contribution in [3.8, 4) is 0 Å². The minimum atomic E-state index is 0.0779. The summed E-state index contributed by atoms with van der Waals surface area (Å²) in [6.07, 6.45) is 4.04. The van der Waals surface area contributed by atoms with Gasteiger partial charge in [0.25, 0.3) is 0 Å². The Bertz CT molecular complexity index is 375. The van der Waals surface area contributed by atoms with E-state index in [1.807, 2.05) is 6.92 Å². The van der Waals surface area contributed by atoms with Gasteiger partial charge in [-0.05, 0) is 40.2 Å². The Morgan fingerprint density at radius 1 is 1.44 bits per heavy atom. The molecule has 1 saturated heterocycles. The van der Waals surface area contributed by atoms with E-state index in [0.717, 1.165) is 18.1 Å². The Kier molecular flexibility index (Phi) is 4.35. The predicted octanol–water partition coefficient (Wildman–Crippen LogP) is 1.37. The lowest BCUT2D eigenvalue weighted by molar-refractivity contribution is 0.192. The first-order valence-corrected chi connectivity index (χ1v) is 6.89. The number of hydrogen-bond acceptors (Lipinski definition) is 5. The van der Waals surface area contributed by atoms with Crippen LogP contribution < -0.4 is 5.73 Å². The highest BCUT2D eigenvalue weighted by Crippen LogP contribution is 2.22. The molecular weight excluding hydrogens is 228 g/mol. The van der Waals surface area contributed by atoms with Crippen molar-refractivity contribution in [2.45, 2.75) is 64.6 Å². The molecule has 2 rings (SSSR count). The van der Waals surface area contributed by atoms with Gasteiger partial charge in [-0.1, -0.05) is 5.16 Å². The second-order valence-corrected chi connectivity index (χ2v) is 5.62. The molecule has 18 heavy (non-hydrogen) atoms.